The highest BCUT2D eigenvalue weighted by Crippen LogP contribution is 2.33. The number of rotatable bonds is 3. The van der Waals surface area contributed by atoms with Crippen molar-refractivity contribution in [3.8, 4) is 6.07 Å². The first kappa shape index (κ1) is 15.6. The average molecular weight is 284 g/mol. The van der Waals surface area contributed by atoms with Gasteiger partial charge in [-0.15, -0.1) is 0 Å². The van der Waals surface area contributed by atoms with E-state index in [2.05, 4.69) is 18.3 Å². The van der Waals surface area contributed by atoms with Crippen LogP contribution in [-0.4, -0.2) is 11.4 Å². The first-order valence-corrected chi connectivity index (χ1v) is 7.81. The summed E-state index contributed by atoms with van der Waals surface area (Å²) in [7, 11) is 0. The first-order valence-electron chi connectivity index (χ1n) is 7.81. The van der Waals surface area contributed by atoms with Crippen molar-refractivity contribution in [3.05, 3.63) is 34.9 Å². The van der Waals surface area contributed by atoms with Gasteiger partial charge in [0.05, 0.1) is 6.07 Å². The van der Waals surface area contributed by atoms with E-state index >= 15 is 0 Å². The fraction of sp³-hybridized carbons (Fsp3) is 0.556. The van der Waals surface area contributed by atoms with Crippen molar-refractivity contribution in [1.29, 1.82) is 5.26 Å². The van der Waals surface area contributed by atoms with Crippen LogP contribution in [0.1, 0.15) is 60.5 Å². The molecule has 0 unspecified atom stereocenters. The van der Waals surface area contributed by atoms with Crippen LogP contribution in [0.5, 0.6) is 0 Å². The van der Waals surface area contributed by atoms with Gasteiger partial charge < -0.3 is 5.32 Å². The Morgan fingerprint density at radius 2 is 1.90 bits per heavy atom. The highest BCUT2D eigenvalue weighted by Gasteiger charge is 2.36. The van der Waals surface area contributed by atoms with E-state index in [1.165, 1.54) is 0 Å². The van der Waals surface area contributed by atoms with Crippen molar-refractivity contribution in [3.63, 3.8) is 0 Å². The van der Waals surface area contributed by atoms with Crippen LogP contribution in [0.25, 0.3) is 0 Å². The van der Waals surface area contributed by atoms with E-state index in [4.69, 9.17) is 0 Å². The van der Waals surface area contributed by atoms with E-state index in [1.54, 1.807) is 0 Å². The quantitative estimate of drug-likeness (QED) is 0.915. The second-order valence-corrected chi connectivity index (χ2v) is 6.27. The number of hydrogen-bond acceptors (Lipinski definition) is 2. The largest absolute Gasteiger partial charge is 0.334 e. The maximum atomic E-state index is 12.6. The van der Waals surface area contributed by atoms with Gasteiger partial charge in [-0.05, 0) is 56.6 Å². The Bertz CT molecular complexity index is 543. The van der Waals surface area contributed by atoms with Crippen LogP contribution in [0.3, 0.4) is 0 Å². The van der Waals surface area contributed by atoms with E-state index in [0.29, 0.717) is 11.5 Å². The lowest BCUT2D eigenvalue weighted by Crippen LogP contribution is -2.50. The van der Waals surface area contributed by atoms with Crippen LogP contribution in [0.4, 0.5) is 0 Å². The van der Waals surface area contributed by atoms with Gasteiger partial charge in [0.15, 0.2) is 0 Å². The van der Waals surface area contributed by atoms with Gasteiger partial charge in [0.25, 0.3) is 5.91 Å². The fourth-order valence-corrected chi connectivity index (χ4v) is 3.30. The van der Waals surface area contributed by atoms with Crippen LogP contribution in [0.15, 0.2) is 18.2 Å². The Morgan fingerprint density at radius 3 is 2.38 bits per heavy atom. The van der Waals surface area contributed by atoms with Gasteiger partial charge in [0, 0.05) is 5.56 Å². The fourth-order valence-electron chi connectivity index (χ4n) is 3.30. The third-order valence-electron chi connectivity index (χ3n) is 4.81. The topological polar surface area (TPSA) is 52.9 Å². The van der Waals surface area contributed by atoms with Crippen LogP contribution in [0.2, 0.25) is 0 Å². The van der Waals surface area contributed by atoms with Crippen LogP contribution in [-0.2, 0) is 0 Å². The lowest BCUT2D eigenvalue weighted by Gasteiger charge is -2.35. The molecule has 21 heavy (non-hydrogen) atoms. The summed E-state index contributed by atoms with van der Waals surface area (Å²) in [6.45, 7) is 6.07. The Labute approximate surface area is 127 Å². The van der Waals surface area contributed by atoms with Crippen LogP contribution < -0.4 is 5.32 Å². The molecule has 0 heterocycles. The van der Waals surface area contributed by atoms with Crippen molar-refractivity contribution in [2.75, 3.05) is 0 Å². The molecule has 1 aromatic rings. The third kappa shape index (κ3) is 3.26. The molecule has 0 aliphatic heterocycles. The third-order valence-corrected chi connectivity index (χ3v) is 4.81. The maximum absolute atomic E-state index is 12.6. The van der Waals surface area contributed by atoms with E-state index in [0.717, 1.165) is 43.2 Å². The SMILES string of the molecule is CCC1CCC(C#N)(NC(=O)c2c(C)cccc2C)CC1. The number of carbonyl (C=O) groups is 1. The molecule has 1 fully saturated rings. The number of nitrogens with one attached hydrogen (secondary N) is 1. The standard InChI is InChI=1S/C18H24N2O/c1-4-15-8-10-18(12-19,11-9-15)20-17(21)16-13(2)6-5-7-14(16)3/h5-7,15H,4,8-11H2,1-3H3,(H,20,21). The second kappa shape index (κ2) is 6.30. The van der Waals surface area contributed by atoms with E-state index in [1.807, 2.05) is 32.0 Å². The smallest absolute Gasteiger partial charge is 0.253 e. The predicted molar refractivity (Wildman–Crippen MR) is 84.0 cm³/mol. The molecule has 2 rings (SSSR count). The zero-order valence-electron chi connectivity index (χ0n) is 13.2. The van der Waals surface area contributed by atoms with E-state index in [9.17, 15) is 10.1 Å². The molecule has 0 radical (unpaired) electrons. The van der Waals surface area contributed by atoms with Crippen molar-refractivity contribution < 1.29 is 4.79 Å². The normalized spacial score (nSPS) is 25.1. The number of carbonyl (C=O) groups excluding carboxylic acids is 1. The summed E-state index contributed by atoms with van der Waals surface area (Å²) < 4.78 is 0. The molecule has 1 aliphatic carbocycles. The number of nitriles is 1. The van der Waals surface area contributed by atoms with Crippen molar-refractivity contribution in [2.24, 2.45) is 5.92 Å². The molecule has 3 nitrogen and oxygen atoms in total. The molecular weight excluding hydrogens is 260 g/mol. The van der Waals surface area contributed by atoms with Crippen LogP contribution >= 0.6 is 0 Å². The van der Waals surface area contributed by atoms with Gasteiger partial charge in [-0.1, -0.05) is 31.5 Å². The molecular formula is C18H24N2O. The van der Waals surface area contributed by atoms with Gasteiger partial charge in [-0.25, -0.2) is 0 Å². The molecule has 0 bridgehead atoms. The summed E-state index contributed by atoms with van der Waals surface area (Å²) in [5, 5.41) is 12.6. The number of hydrogen-bond donors (Lipinski definition) is 1. The predicted octanol–water partition coefficient (Wildman–Crippen LogP) is 3.90. The molecule has 0 spiro atoms. The number of nitrogens with zero attached hydrogens (tertiary/aromatic N) is 1. The molecule has 0 saturated heterocycles. The minimum absolute atomic E-state index is 0.109. The lowest BCUT2D eigenvalue weighted by atomic mass is 9.76. The summed E-state index contributed by atoms with van der Waals surface area (Å²) in [5.41, 5.74) is 1.95. The van der Waals surface area contributed by atoms with E-state index in [-0.39, 0.29) is 5.91 Å². The number of benzene rings is 1. The molecule has 112 valence electrons. The zero-order valence-corrected chi connectivity index (χ0v) is 13.2. The molecule has 1 aromatic carbocycles. The van der Waals surface area contributed by atoms with Gasteiger partial charge in [0.1, 0.15) is 5.54 Å². The van der Waals surface area contributed by atoms with Crippen molar-refractivity contribution in [1.82, 2.24) is 5.32 Å². The summed E-state index contributed by atoms with van der Waals surface area (Å²) in [4.78, 5) is 12.6. The molecule has 1 aliphatic rings. The van der Waals surface area contributed by atoms with Gasteiger partial charge in [0.2, 0.25) is 0 Å². The Kier molecular flexibility index (Phi) is 4.67. The molecule has 1 N–H and O–H groups in total. The van der Waals surface area contributed by atoms with Gasteiger partial charge in [-0.3, -0.25) is 4.79 Å². The highest BCUT2D eigenvalue weighted by molar-refractivity contribution is 5.97. The van der Waals surface area contributed by atoms with Crippen LogP contribution in [0, 0.1) is 31.1 Å². The summed E-state index contributed by atoms with van der Waals surface area (Å²) in [5.74, 6) is 0.589. The summed E-state index contributed by atoms with van der Waals surface area (Å²) >= 11 is 0. The molecule has 3 heteroatoms. The second-order valence-electron chi connectivity index (χ2n) is 6.27. The Hall–Kier alpha value is -1.82. The lowest BCUT2D eigenvalue weighted by molar-refractivity contribution is 0.0890. The summed E-state index contributed by atoms with van der Waals surface area (Å²) in [6.07, 6.45) is 4.73. The minimum atomic E-state index is -0.683. The van der Waals surface area contributed by atoms with Crippen molar-refractivity contribution >= 4 is 5.91 Å². The number of aryl methyl sites for hydroxylation is 2. The van der Waals surface area contributed by atoms with Crippen molar-refractivity contribution in [2.45, 2.75) is 58.4 Å². The highest BCUT2D eigenvalue weighted by atomic mass is 16.1. The molecule has 1 saturated carbocycles. The summed E-state index contributed by atoms with van der Waals surface area (Å²) in [6, 6.07) is 8.20. The monoisotopic (exact) mass is 284 g/mol. The molecule has 0 aromatic heterocycles. The van der Waals surface area contributed by atoms with E-state index < -0.39 is 5.54 Å². The Morgan fingerprint density at radius 1 is 1.33 bits per heavy atom. The average Bonchev–Trinajstić information content (AvgIpc) is 2.48. The zero-order chi connectivity index (χ0) is 15.5. The minimum Gasteiger partial charge on any atom is -0.334 e. The number of amides is 1. The first-order chi connectivity index (χ1) is 10.0. The Balaban J connectivity index is 2.16. The molecule has 0 atom stereocenters. The van der Waals surface area contributed by atoms with Gasteiger partial charge in [-0.2, -0.15) is 5.26 Å². The van der Waals surface area contributed by atoms with Gasteiger partial charge >= 0.3 is 0 Å². The molecule has 1 amide bonds. The maximum Gasteiger partial charge on any atom is 0.253 e.